The summed E-state index contributed by atoms with van der Waals surface area (Å²) in [6, 6.07) is 4.60. The zero-order chi connectivity index (χ0) is 25.6. The average molecular weight is 501 g/mol. The molecule has 6 nitrogen and oxygen atoms in total. The van der Waals surface area contributed by atoms with E-state index in [1.165, 1.54) is 10.5 Å². The fourth-order valence-corrected chi connectivity index (χ4v) is 4.45. The molecule has 2 aromatic heterocycles. The Morgan fingerprint density at radius 1 is 1.06 bits per heavy atom. The molecule has 1 fully saturated rings. The molecule has 1 atom stereocenters. The smallest absolute Gasteiger partial charge is 0.389 e. The van der Waals surface area contributed by atoms with E-state index in [4.69, 9.17) is 0 Å². The fraction of sp³-hybridized carbons (Fsp3) is 0.478. The monoisotopic (exact) mass is 501 g/mol. The number of hydrogen-bond acceptors (Lipinski definition) is 5. The van der Waals surface area contributed by atoms with Gasteiger partial charge in [0, 0.05) is 30.9 Å². The average Bonchev–Trinajstić information content (AvgIpc) is 3.22. The first-order chi connectivity index (χ1) is 16.2. The number of rotatable bonds is 5. The minimum absolute atomic E-state index is 0.0337. The van der Waals surface area contributed by atoms with Gasteiger partial charge in [0.15, 0.2) is 0 Å². The number of benzene rings is 1. The van der Waals surface area contributed by atoms with Gasteiger partial charge in [0.2, 0.25) is 5.95 Å². The lowest BCUT2D eigenvalue weighted by atomic mass is 10.00. The van der Waals surface area contributed by atoms with Gasteiger partial charge in [-0.25, -0.2) is 0 Å². The van der Waals surface area contributed by atoms with Crippen LogP contribution in [0.2, 0.25) is 0 Å². The Bertz CT molecular complexity index is 1200. The van der Waals surface area contributed by atoms with Crippen LogP contribution in [0.5, 0.6) is 0 Å². The van der Waals surface area contributed by atoms with Crippen molar-refractivity contribution in [3.8, 4) is 11.3 Å². The van der Waals surface area contributed by atoms with Crippen molar-refractivity contribution in [2.45, 2.75) is 50.7 Å². The molecule has 3 aromatic rings. The van der Waals surface area contributed by atoms with E-state index in [9.17, 15) is 31.4 Å². The third kappa shape index (κ3) is 5.69. The van der Waals surface area contributed by atoms with E-state index < -0.39 is 34.6 Å². The van der Waals surface area contributed by atoms with Crippen LogP contribution in [-0.4, -0.2) is 55.9 Å². The summed E-state index contributed by atoms with van der Waals surface area (Å²) >= 11 is 0. The van der Waals surface area contributed by atoms with Gasteiger partial charge in [-0.05, 0) is 57.5 Å². The highest BCUT2D eigenvalue weighted by atomic mass is 19.4. The molecule has 0 spiro atoms. The number of aromatic nitrogens is 3. The van der Waals surface area contributed by atoms with E-state index >= 15 is 0 Å². The van der Waals surface area contributed by atoms with Crippen LogP contribution < -0.4 is 5.32 Å². The van der Waals surface area contributed by atoms with Crippen LogP contribution in [0.3, 0.4) is 0 Å². The summed E-state index contributed by atoms with van der Waals surface area (Å²) in [7, 11) is 0. The van der Waals surface area contributed by atoms with Gasteiger partial charge in [-0.15, -0.1) is 10.2 Å². The molecule has 0 saturated carbocycles. The minimum Gasteiger partial charge on any atom is -0.389 e. The number of halogens is 6. The lowest BCUT2D eigenvalue weighted by Gasteiger charge is -2.36. The van der Waals surface area contributed by atoms with E-state index in [1.54, 1.807) is 26.1 Å². The standard InChI is InChI=1S/C23H25F6N5O/c1-21(2,35)13-33-9-3-5-15(12-33)30-20-32-31-19(18-6-4-10-34(18)20)16-8-7-14(22(24,25)26)11-17(16)23(27,28)29/h4,6-8,10-11,15,35H,3,5,9,12-13H2,1-2H3,(H,30,32)/t15-/m1/s1. The van der Waals surface area contributed by atoms with Gasteiger partial charge in [-0.2, -0.15) is 26.3 Å². The molecule has 0 amide bonds. The Balaban J connectivity index is 1.68. The third-order valence-electron chi connectivity index (χ3n) is 5.82. The predicted octanol–water partition coefficient (Wildman–Crippen LogP) is 5.08. The van der Waals surface area contributed by atoms with Gasteiger partial charge in [0.05, 0.1) is 22.2 Å². The van der Waals surface area contributed by atoms with Crippen molar-refractivity contribution in [1.82, 2.24) is 19.5 Å². The maximum absolute atomic E-state index is 13.7. The quantitative estimate of drug-likeness (QED) is 0.478. The van der Waals surface area contributed by atoms with Gasteiger partial charge in [0.1, 0.15) is 5.69 Å². The largest absolute Gasteiger partial charge is 0.417 e. The maximum Gasteiger partial charge on any atom is 0.417 e. The second-order valence-electron chi connectivity index (χ2n) is 9.42. The molecule has 4 rings (SSSR count). The Kier molecular flexibility index (Phi) is 6.47. The van der Waals surface area contributed by atoms with Crippen molar-refractivity contribution >= 4 is 11.5 Å². The topological polar surface area (TPSA) is 65.7 Å². The summed E-state index contributed by atoms with van der Waals surface area (Å²) in [5, 5.41) is 21.5. The van der Waals surface area contributed by atoms with Gasteiger partial charge in [0.25, 0.3) is 0 Å². The fourth-order valence-electron chi connectivity index (χ4n) is 4.45. The molecular formula is C23H25F6N5O. The lowest BCUT2D eigenvalue weighted by Crippen LogP contribution is -2.47. The number of likely N-dealkylation sites (tertiary alicyclic amines) is 1. The number of aliphatic hydroxyl groups is 1. The van der Waals surface area contributed by atoms with Gasteiger partial charge < -0.3 is 10.4 Å². The van der Waals surface area contributed by atoms with Crippen LogP contribution in [0, 0.1) is 0 Å². The SMILES string of the molecule is CC(C)(O)CN1CCC[C@@H](Nc2nnc(-c3ccc(C(F)(F)F)cc3C(F)(F)F)c3cccn23)C1. The molecule has 1 aromatic carbocycles. The Morgan fingerprint density at radius 2 is 1.80 bits per heavy atom. The zero-order valence-electron chi connectivity index (χ0n) is 19.1. The van der Waals surface area contributed by atoms with Crippen molar-refractivity contribution in [3.05, 3.63) is 47.7 Å². The summed E-state index contributed by atoms with van der Waals surface area (Å²) in [4.78, 5) is 2.12. The number of piperidine rings is 1. The highest BCUT2D eigenvalue weighted by Gasteiger charge is 2.39. The number of hydrogen-bond donors (Lipinski definition) is 2. The van der Waals surface area contributed by atoms with E-state index in [-0.39, 0.29) is 23.3 Å². The molecule has 1 saturated heterocycles. The summed E-state index contributed by atoms with van der Waals surface area (Å²) in [6.45, 7) is 5.41. The highest BCUT2D eigenvalue weighted by Crippen LogP contribution is 2.41. The van der Waals surface area contributed by atoms with Crippen molar-refractivity contribution < 1.29 is 31.4 Å². The molecule has 1 aliphatic heterocycles. The van der Waals surface area contributed by atoms with Crippen LogP contribution in [0.1, 0.15) is 37.8 Å². The summed E-state index contributed by atoms with van der Waals surface area (Å²) in [6.07, 6.45) is -6.63. The highest BCUT2D eigenvalue weighted by molar-refractivity contribution is 5.80. The van der Waals surface area contributed by atoms with Crippen LogP contribution in [0.15, 0.2) is 36.5 Å². The molecule has 35 heavy (non-hydrogen) atoms. The number of fused-ring (bicyclic) bond motifs is 1. The van der Waals surface area contributed by atoms with Gasteiger partial charge in [-0.3, -0.25) is 9.30 Å². The molecule has 190 valence electrons. The van der Waals surface area contributed by atoms with Crippen molar-refractivity contribution in [1.29, 1.82) is 0 Å². The lowest BCUT2D eigenvalue weighted by molar-refractivity contribution is -0.142. The normalized spacial score (nSPS) is 18.3. The van der Waals surface area contributed by atoms with E-state index in [0.717, 1.165) is 25.5 Å². The first-order valence-corrected chi connectivity index (χ1v) is 11.1. The van der Waals surface area contributed by atoms with Crippen LogP contribution in [0.4, 0.5) is 32.3 Å². The molecule has 1 aliphatic rings. The summed E-state index contributed by atoms with van der Waals surface area (Å²) in [5.74, 6) is 0.310. The Morgan fingerprint density at radius 3 is 2.46 bits per heavy atom. The van der Waals surface area contributed by atoms with Crippen LogP contribution >= 0.6 is 0 Å². The third-order valence-corrected chi connectivity index (χ3v) is 5.82. The van der Waals surface area contributed by atoms with Crippen molar-refractivity contribution in [3.63, 3.8) is 0 Å². The Hall–Kier alpha value is -2.86. The van der Waals surface area contributed by atoms with Gasteiger partial charge in [-0.1, -0.05) is 6.07 Å². The first-order valence-electron chi connectivity index (χ1n) is 11.1. The Labute approximate surface area is 197 Å². The predicted molar refractivity (Wildman–Crippen MR) is 118 cm³/mol. The number of alkyl halides is 6. The number of anilines is 1. The van der Waals surface area contributed by atoms with E-state index in [0.29, 0.717) is 25.1 Å². The molecular weight excluding hydrogens is 476 g/mol. The van der Waals surface area contributed by atoms with E-state index in [2.05, 4.69) is 20.4 Å². The minimum atomic E-state index is -5.02. The molecule has 0 bridgehead atoms. The second kappa shape index (κ2) is 8.98. The van der Waals surface area contributed by atoms with Crippen LogP contribution in [0.25, 0.3) is 16.8 Å². The first kappa shape index (κ1) is 25.2. The molecule has 12 heteroatoms. The number of β-amino-alcohol motifs (C(OH)–C–C–N with tert-alkyl or cyclic N) is 1. The maximum atomic E-state index is 13.7. The molecule has 3 heterocycles. The van der Waals surface area contributed by atoms with Gasteiger partial charge >= 0.3 is 12.4 Å². The molecule has 0 unspecified atom stereocenters. The summed E-state index contributed by atoms with van der Waals surface area (Å²) in [5.41, 5.74) is -4.05. The van der Waals surface area contributed by atoms with Crippen LogP contribution in [-0.2, 0) is 12.4 Å². The molecule has 0 radical (unpaired) electrons. The molecule has 0 aliphatic carbocycles. The van der Waals surface area contributed by atoms with Crippen molar-refractivity contribution in [2.75, 3.05) is 25.0 Å². The zero-order valence-corrected chi connectivity index (χ0v) is 19.1. The van der Waals surface area contributed by atoms with Crippen molar-refractivity contribution in [2.24, 2.45) is 0 Å². The van der Waals surface area contributed by atoms with E-state index in [1.807, 2.05) is 0 Å². The second-order valence-corrected chi connectivity index (χ2v) is 9.42. The summed E-state index contributed by atoms with van der Waals surface area (Å²) < 4.78 is 81.9. The number of nitrogens with one attached hydrogen (secondary N) is 1. The number of nitrogens with zero attached hydrogens (tertiary/aromatic N) is 4. The molecule has 2 N–H and O–H groups in total.